The third-order valence-corrected chi connectivity index (χ3v) is 3.11. The summed E-state index contributed by atoms with van der Waals surface area (Å²) < 4.78 is 1.89. The number of rotatable bonds is 3. The zero-order valence-electron chi connectivity index (χ0n) is 11.2. The normalized spacial score (nSPS) is 10.7. The molecule has 0 aliphatic rings. The third kappa shape index (κ3) is 2.51. The van der Waals surface area contributed by atoms with Crippen molar-refractivity contribution in [3.8, 4) is 11.1 Å². The molecule has 0 amide bonds. The lowest BCUT2D eigenvalue weighted by Gasteiger charge is -2.03. The summed E-state index contributed by atoms with van der Waals surface area (Å²) in [5.41, 5.74) is 10.0. The van der Waals surface area contributed by atoms with Crippen molar-refractivity contribution in [2.75, 3.05) is 5.73 Å². The summed E-state index contributed by atoms with van der Waals surface area (Å²) in [6.07, 6.45) is 6.88. The standard InChI is InChI=1S/C15H15N5/c1-11-3-2-4-12(5-11)8-20-9-13(6-19-20)14-7-17-10-18-15(14)16/h2-7,9-10H,8H2,1H3,(H2,16,17,18). The largest absolute Gasteiger partial charge is 0.383 e. The van der Waals surface area contributed by atoms with Crippen molar-refractivity contribution in [3.63, 3.8) is 0 Å². The Bertz CT molecular complexity index is 732. The molecule has 0 atom stereocenters. The summed E-state index contributed by atoms with van der Waals surface area (Å²) in [5.74, 6) is 0.468. The summed E-state index contributed by atoms with van der Waals surface area (Å²) in [7, 11) is 0. The molecule has 0 fully saturated rings. The fraction of sp³-hybridized carbons (Fsp3) is 0.133. The van der Waals surface area contributed by atoms with Gasteiger partial charge in [-0.3, -0.25) is 4.68 Å². The summed E-state index contributed by atoms with van der Waals surface area (Å²) >= 11 is 0. The molecule has 1 aromatic carbocycles. The van der Waals surface area contributed by atoms with Crippen LogP contribution in [0, 0.1) is 6.92 Å². The summed E-state index contributed by atoms with van der Waals surface area (Å²) in [6, 6.07) is 8.38. The highest BCUT2D eigenvalue weighted by atomic mass is 15.3. The van der Waals surface area contributed by atoms with Crippen LogP contribution in [-0.4, -0.2) is 19.7 Å². The summed E-state index contributed by atoms with van der Waals surface area (Å²) in [6.45, 7) is 2.81. The highest BCUT2D eigenvalue weighted by molar-refractivity contribution is 5.71. The molecule has 2 N–H and O–H groups in total. The van der Waals surface area contributed by atoms with Crippen LogP contribution in [0.2, 0.25) is 0 Å². The fourth-order valence-corrected chi connectivity index (χ4v) is 2.15. The molecule has 3 rings (SSSR count). The molecule has 0 spiro atoms. The first-order valence-corrected chi connectivity index (χ1v) is 6.36. The maximum absolute atomic E-state index is 5.85. The SMILES string of the molecule is Cc1cccc(Cn2cc(-c3cncnc3N)cn2)c1. The zero-order valence-corrected chi connectivity index (χ0v) is 11.2. The Hall–Kier alpha value is -2.69. The van der Waals surface area contributed by atoms with Crippen molar-refractivity contribution < 1.29 is 0 Å². The number of nitrogens with two attached hydrogens (primary N) is 1. The average molecular weight is 265 g/mol. The fourth-order valence-electron chi connectivity index (χ4n) is 2.15. The Kier molecular flexibility index (Phi) is 3.16. The quantitative estimate of drug-likeness (QED) is 0.788. The van der Waals surface area contributed by atoms with Gasteiger partial charge in [0.25, 0.3) is 0 Å². The topological polar surface area (TPSA) is 69.6 Å². The van der Waals surface area contributed by atoms with Crippen molar-refractivity contribution in [3.05, 3.63) is 60.3 Å². The van der Waals surface area contributed by atoms with E-state index in [1.165, 1.54) is 17.5 Å². The molecule has 100 valence electrons. The lowest BCUT2D eigenvalue weighted by atomic mass is 10.1. The van der Waals surface area contributed by atoms with Gasteiger partial charge in [0.15, 0.2) is 0 Å². The molecule has 0 saturated carbocycles. The van der Waals surface area contributed by atoms with Crippen LogP contribution in [0.1, 0.15) is 11.1 Å². The first-order chi connectivity index (χ1) is 9.72. The zero-order chi connectivity index (χ0) is 13.9. The van der Waals surface area contributed by atoms with Crippen LogP contribution < -0.4 is 5.73 Å². The van der Waals surface area contributed by atoms with Crippen molar-refractivity contribution in [1.82, 2.24) is 19.7 Å². The molecule has 0 saturated heterocycles. The molecule has 0 unspecified atom stereocenters. The van der Waals surface area contributed by atoms with Crippen LogP contribution in [0.25, 0.3) is 11.1 Å². The predicted octanol–water partition coefficient (Wildman–Crippen LogP) is 2.28. The maximum atomic E-state index is 5.85. The predicted molar refractivity (Wildman–Crippen MR) is 77.9 cm³/mol. The molecular weight excluding hydrogens is 250 g/mol. The van der Waals surface area contributed by atoms with Crippen LogP contribution >= 0.6 is 0 Å². The molecule has 0 bridgehead atoms. The van der Waals surface area contributed by atoms with Crippen molar-refractivity contribution in [2.45, 2.75) is 13.5 Å². The van der Waals surface area contributed by atoms with Gasteiger partial charge in [-0.25, -0.2) is 9.97 Å². The van der Waals surface area contributed by atoms with E-state index in [0.717, 1.165) is 17.7 Å². The molecule has 0 aliphatic carbocycles. The Labute approximate surface area is 117 Å². The Morgan fingerprint density at radius 3 is 2.95 bits per heavy atom. The summed E-state index contributed by atoms with van der Waals surface area (Å²) in [4.78, 5) is 7.99. The Balaban J connectivity index is 1.86. The van der Waals surface area contributed by atoms with E-state index in [9.17, 15) is 0 Å². The van der Waals surface area contributed by atoms with Crippen molar-refractivity contribution >= 4 is 5.82 Å². The van der Waals surface area contributed by atoms with Gasteiger partial charge in [0.2, 0.25) is 0 Å². The molecule has 2 heterocycles. The smallest absolute Gasteiger partial charge is 0.134 e. The summed E-state index contributed by atoms with van der Waals surface area (Å²) in [5, 5.41) is 4.36. The molecule has 20 heavy (non-hydrogen) atoms. The minimum atomic E-state index is 0.468. The number of aromatic nitrogens is 4. The van der Waals surface area contributed by atoms with Gasteiger partial charge in [0, 0.05) is 23.5 Å². The van der Waals surface area contributed by atoms with E-state index in [1.54, 1.807) is 12.4 Å². The van der Waals surface area contributed by atoms with Crippen molar-refractivity contribution in [2.24, 2.45) is 0 Å². The minimum absolute atomic E-state index is 0.468. The number of aryl methyl sites for hydroxylation is 1. The first kappa shape index (κ1) is 12.3. The van der Waals surface area contributed by atoms with E-state index in [4.69, 9.17) is 5.73 Å². The number of hydrogen-bond donors (Lipinski definition) is 1. The number of nitrogens with zero attached hydrogens (tertiary/aromatic N) is 4. The van der Waals surface area contributed by atoms with E-state index in [1.807, 2.05) is 10.9 Å². The van der Waals surface area contributed by atoms with Crippen LogP contribution in [-0.2, 0) is 6.54 Å². The monoisotopic (exact) mass is 265 g/mol. The van der Waals surface area contributed by atoms with Crippen LogP contribution in [0.5, 0.6) is 0 Å². The highest BCUT2D eigenvalue weighted by Crippen LogP contribution is 2.22. The Morgan fingerprint density at radius 2 is 2.15 bits per heavy atom. The van der Waals surface area contributed by atoms with Crippen LogP contribution in [0.4, 0.5) is 5.82 Å². The lowest BCUT2D eigenvalue weighted by molar-refractivity contribution is 0.686. The van der Waals surface area contributed by atoms with Gasteiger partial charge in [0.05, 0.1) is 12.7 Å². The molecule has 0 radical (unpaired) electrons. The van der Waals surface area contributed by atoms with E-state index in [0.29, 0.717) is 5.82 Å². The highest BCUT2D eigenvalue weighted by Gasteiger charge is 2.06. The number of nitrogen functional groups attached to an aromatic ring is 1. The van der Waals surface area contributed by atoms with Gasteiger partial charge < -0.3 is 5.73 Å². The van der Waals surface area contributed by atoms with Gasteiger partial charge in [-0.15, -0.1) is 0 Å². The first-order valence-electron chi connectivity index (χ1n) is 6.36. The van der Waals surface area contributed by atoms with Gasteiger partial charge in [-0.2, -0.15) is 5.10 Å². The second-order valence-electron chi connectivity index (χ2n) is 4.74. The van der Waals surface area contributed by atoms with E-state index in [2.05, 4.69) is 46.3 Å². The molecule has 5 heteroatoms. The Morgan fingerprint density at radius 1 is 1.25 bits per heavy atom. The lowest BCUT2D eigenvalue weighted by Crippen LogP contribution is -1.99. The molecule has 5 nitrogen and oxygen atoms in total. The van der Waals surface area contributed by atoms with Gasteiger partial charge in [-0.1, -0.05) is 29.8 Å². The minimum Gasteiger partial charge on any atom is -0.383 e. The van der Waals surface area contributed by atoms with Gasteiger partial charge in [-0.05, 0) is 12.5 Å². The second kappa shape index (κ2) is 5.13. The molecule has 3 aromatic rings. The van der Waals surface area contributed by atoms with E-state index >= 15 is 0 Å². The van der Waals surface area contributed by atoms with Gasteiger partial charge >= 0.3 is 0 Å². The average Bonchev–Trinajstić information content (AvgIpc) is 2.87. The van der Waals surface area contributed by atoms with Crippen molar-refractivity contribution in [1.29, 1.82) is 0 Å². The molecule has 2 aromatic heterocycles. The van der Waals surface area contributed by atoms with Crippen LogP contribution in [0.3, 0.4) is 0 Å². The maximum Gasteiger partial charge on any atom is 0.134 e. The number of benzene rings is 1. The second-order valence-corrected chi connectivity index (χ2v) is 4.74. The van der Waals surface area contributed by atoms with Crippen LogP contribution in [0.15, 0.2) is 49.2 Å². The van der Waals surface area contributed by atoms with E-state index in [-0.39, 0.29) is 0 Å². The number of hydrogen-bond acceptors (Lipinski definition) is 4. The molecular formula is C15H15N5. The third-order valence-electron chi connectivity index (χ3n) is 3.11. The van der Waals surface area contributed by atoms with Gasteiger partial charge in [0.1, 0.15) is 12.1 Å². The van der Waals surface area contributed by atoms with E-state index < -0.39 is 0 Å². The number of anilines is 1. The molecule has 0 aliphatic heterocycles.